The van der Waals surface area contributed by atoms with E-state index in [0.29, 0.717) is 6.54 Å². The van der Waals surface area contributed by atoms with E-state index in [1.165, 1.54) is 5.56 Å². The summed E-state index contributed by atoms with van der Waals surface area (Å²) in [6.45, 7) is 7.61. The number of carbonyl (C=O) groups is 1. The lowest BCUT2D eigenvalue weighted by molar-refractivity contribution is 0.0534. The third-order valence-corrected chi connectivity index (χ3v) is 3.70. The molecule has 0 aliphatic carbocycles. The summed E-state index contributed by atoms with van der Waals surface area (Å²) in [5.74, 6) is 0. The van der Waals surface area contributed by atoms with Crippen LogP contribution in [0.2, 0.25) is 0 Å². The molecule has 1 aromatic heterocycles. The molecule has 0 atom stereocenters. The molecule has 1 aromatic rings. The molecule has 0 saturated carbocycles. The SMILES string of the molecule is CC(C)(C)OC(=O)NC/C=C/CNCc1csc(Br)c1. The molecule has 0 radical (unpaired) electrons. The van der Waals surface area contributed by atoms with Gasteiger partial charge in [-0.05, 0) is 53.7 Å². The first-order valence-electron chi connectivity index (χ1n) is 6.42. The quantitative estimate of drug-likeness (QED) is 0.600. The lowest BCUT2D eigenvalue weighted by Gasteiger charge is -2.19. The van der Waals surface area contributed by atoms with Crippen LogP contribution in [0.15, 0.2) is 27.4 Å². The summed E-state index contributed by atoms with van der Waals surface area (Å²) >= 11 is 5.12. The smallest absolute Gasteiger partial charge is 0.407 e. The van der Waals surface area contributed by atoms with Gasteiger partial charge in [0.25, 0.3) is 0 Å². The van der Waals surface area contributed by atoms with Gasteiger partial charge < -0.3 is 15.4 Å². The first kappa shape index (κ1) is 17.2. The number of carbonyl (C=O) groups excluding carboxylic acids is 1. The Morgan fingerprint density at radius 3 is 2.70 bits per heavy atom. The Balaban J connectivity index is 2.06. The van der Waals surface area contributed by atoms with Crippen LogP contribution in [0.1, 0.15) is 26.3 Å². The van der Waals surface area contributed by atoms with Crippen LogP contribution in [-0.4, -0.2) is 24.8 Å². The van der Waals surface area contributed by atoms with Crippen LogP contribution in [0.5, 0.6) is 0 Å². The van der Waals surface area contributed by atoms with E-state index in [2.05, 4.69) is 38.0 Å². The molecule has 0 unspecified atom stereocenters. The highest BCUT2D eigenvalue weighted by molar-refractivity contribution is 9.11. The molecule has 1 amide bonds. The van der Waals surface area contributed by atoms with E-state index in [9.17, 15) is 4.79 Å². The zero-order valence-electron chi connectivity index (χ0n) is 12.0. The van der Waals surface area contributed by atoms with Crippen LogP contribution < -0.4 is 10.6 Å². The number of halogens is 1. The number of hydrogen-bond donors (Lipinski definition) is 2. The summed E-state index contributed by atoms with van der Waals surface area (Å²) in [4.78, 5) is 11.3. The fourth-order valence-electron chi connectivity index (χ4n) is 1.36. The van der Waals surface area contributed by atoms with Crippen LogP contribution in [0.3, 0.4) is 0 Å². The summed E-state index contributed by atoms with van der Waals surface area (Å²) in [6.07, 6.45) is 3.50. The Labute approximate surface area is 132 Å². The maximum Gasteiger partial charge on any atom is 0.407 e. The molecular formula is C14H21BrN2O2S. The first-order chi connectivity index (χ1) is 9.37. The minimum Gasteiger partial charge on any atom is -0.444 e. The summed E-state index contributed by atoms with van der Waals surface area (Å²) in [5, 5.41) is 8.08. The molecule has 20 heavy (non-hydrogen) atoms. The topological polar surface area (TPSA) is 50.4 Å². The van der Waals surface area contributed by atoms with E-state index < -0.39 is 11.7 Å². The molecule has 6 heteroatoms. The first-order valence-corrected chi connectivity index (χ1v) is 8.09. The maximum atomic E-state index is 11.3. The van der Waals surface area contributed by atoms with Crippen LogP contribution in [0, 0.1) is 0 Å². The van der Waals surface area contributed by atoms with Gasteiger partial charge in [-0.2, -0.15) is 0 Å². The summed E-state index contributed by atoms with van der Waals surface area (Å²) in [7, 11) is 0. The van der Waals surface area contributed by atoms with E-state index in [0.717, 1.165) is 16.9 Å². The third kappa shape index (κ3) is 8.35. The normalized spacial score (nSPS) is 11.8. The molecule has 0 saturated heterocycles. The monoisotopic (exact) mass is 360 g/mol. The Hall–Kier alpha value is -0.850. The molecule has 1 heterocycles. The van der Waals surface area contributed by atoms with Crippen LogP contribution in [0.25, 0.3) is 0 Å². The Kier molecular flexibility index (Phi) is 7.26. The van der Waals surface area contributed by atoms with Gasteiger partial charge in [0.1, 0.15) is 5.60 Å². The van der Waals surface area contributed by atoms with Crippen molar-refractivity contribution in [2.75, 3.05) is 13.1 Å². The minimum atomic E-state index is -0.454. The Bertz CT molecular complexity index is 452. The summed E-state index contributed by atoms with van der Waals surface area (Å²) in [6, 6.07) is 2.10. The van der Waals surface area contributed by atoms with Gasteiger partial charge >= 0.3 is 6.09 Å². The number of ether oxygens (including phenoxy) is 1. The second-order valence-electron chi connectivity index (χ2n) is 5.24. The number of thiophene rings is 1. The van der Waals surface area contributed by atoms with Gasteiger partial charge in [0.05, 0.1) is 3.79 Å². The van der Waals surface area contributed by atoms with Crippen LogP contribution in [0.4, 0.5) is 4.79 Å². The van der Waals surface area contributed by atoms with Gasteiger partial charge in [-0.15, -0.1) is 11.3 Å². The minimum absolute atomic E-state index is 0.391. The van der Waals surface area contributed by atoms with Gasteiger partial charge in [-0.1, -0.05) is 12.2 Å². The van der Waals surface area contributed by atoms with E-state index in [1.54, 1.807) is 11.3 Å². The predicted octanol–water partition coefficient (Wildman–Crippen LogP) is 3.68. The molecule has 4 nitrogen and oxygen atoms in total. The van der Waals surface area contributed by atoms with Gasteiger partial charge in [0.15, 0.2) is 0 Å². The second kappa shape index (κ2) is 8.44. The number of amides is 1. The Morgan fingerprint density at radius 2 is 2.10 bits per heavy atom. The third-order valence-electron chi connectivity index (χ3n) is 2.14. The van der Waals surface area contributed by atoms with E-state index in [1.807, 2.05) is 32.9 Å². The van der Waals surface area contributed by atoms with Crippen molar-refractivity contribution >= 4 is 33.4 Å². The van der Waals surface area contributed by atoms with Gasteiger partial charge in [0.2, 0.25) is 0 Å². The van der Waals surface area contributed by atoms with Crippen molar-refractivity contribution in [3.05, 3.63) is 32.9 Å². The van der Waals surface area contributed by atoms with E-state index in [4.69, 9.17) is 4.74 Å². The molecule has 112 valence electrons. The molecule has 1 rings (SSSR count). The molecule has 0 fully saturated rings. The molecule has 0 bridgehead atoms. The van der Waals surface area contributed by atoms with Crippen molar-refractivity contribution in [1.82, 2.24) is 10.6 Å². The lowest BCUT2D eigenvalue weighted by atomic mass is 10.2. The van der Waals surface area contributed by atoms with E-state index in [-0.39, 0.29) is 0 Å². The average Bonchev–Trinajstić information content (AvgIpc) is 2.71. The molecule has 0 spiro atoms. The maximum absolute atomic E-state index is 11.3. The second-order valence-corrected chi connectivity index (χ2v) is 7.53. The molecule has 2 N–H and O–H groups in total. The number of alkyl carbamates (subject to hydrolysis) is 1. The van der Waals surface area contributed by atoms with Crippen molar-refractivity contribution in [2.24, 2.45) is 0 Å². The lowest BCUT2D eigenvalue weighted by Crippen LogP contribution is -2.32. The van der Waals surface area contributed by atoms with Gasteiger partial charge in [-0.3, -0.25) is 0 Å². The highest BCUT2D eigenvalue weighted by atomic mass is 79.9. The van der Waals surface area contributed by atoms with Crippen LogP contribution >= 0.6 is 27.3 Å². The predicted molar refractivity (Wildman–Crippen MR) is 87.1 cm³/mol. The number of hydrogen-bond acceptors (Lipinski definition) is 4. The van der Waals surface area contributed by atoms with Crippen molar-refractivity contribution in [1.29, 1.82) is 0 Å². The van der Waals surface area contributed by atoms with Crippen molar-refractivity contribution in [3.63, 3.8) is 0 Å². The molecule has 0 aliphatic rings. The fourth-order valence-corrected chi connectivity index (χ4v) is 2.57. The average molecular weight is 361 g/mol. The zero-order valence-corrected chi connectivity index (χ0v) is 14.4. The summed E-state index contributed by atoms with van der Waals surface area (Å²) < 4.78 is 6.27. The van der Waals surface area contributed by atoms with Crippen LogP contribution in [-0.2, 0) is 11.3 Å². The largest absolute Gasteiger partial charge is 0.444 e. The molecular weight excluding hydrogens is 340 g/mol. The number of rotatable bonds is 6. The Morgan fingerprint density at radius 1 is 1.40 bits per heavy atom. The van der Waals surface area contributed by atoms with Crippen molar-refractivity contribution in [2.45, 2.75) is 32.9 Å². The van der Waals surface area contributed by atoms with Gasteiger partial charge in [0, 0.05) is 19.6 Å². The standard InChI is InChI=1S/C14H21BrN2O2S/c1-14(2,3)19-13(18)17-7-5-4-6-16-9-11-8-12(15)20-10-11/h4-5,8,10,16H,6-7,9H2,1-3H3,(H,17,18)/b5-4+. The van der Waals surface area contributed by atoms with Gasteiger partial charge in [-0.25, -0.2) is 4.79 Å². The number of nitrogens with one attached hydrogen (secondary N) is 2. The highest BCUT2D eigenvalue weighted by Gasteiger charge is 2.14. The van der Waals surface area contributed by atoms with Crippen molar-refractivity contribution < 1.29 is 9.53 Å². The fraction of sp³-hybridized carbons (Fsp3) is 0.500. The molecule has 0 aliphatic heterocycles. The highest BCUT2D eigenvalue weighted by Crippen LogP contribution is 2.20. The van der Waals surface area contributed by atoms with Crippen molar-refractivity contribution in [3.8, 4) is 0 Å². The zero-order chi connectivity index (χ0) is 15.0. The summed E-state index contributed by atoms with van der Waals surface area (Å²) in [5.41, 5.74) is 0.812. The molecule has 0 aromatic carbocycles. The van der Waals surface area contributed by atoms with E-state index >= 15 is 0 Å².